The van der Waals surface area contributed by atoms with Crippen molar-refractivity contribution in [2.24, 2.45) is 0 Å². The van der Waals surface area contributed by atoms with E-state index in [9.17, 15) is 14.4 Å². The zero-order chi connectivity index (χ0) is 17.1. The number of ether oxygens (including phenoxy) is 1. The van der Waals surface area contributed by atoms with Crippen molar-refractivity contribution in [3.63, 3.8) is 0 Å². The molecule has 0 atom stereocenters. The van der Waals surface area contributed by atoms with E-state index in [4.69, 9.17) is 9.57 Å². The quantitative estimate of drug-likeness (QED) is 0.779. The molecule has 0 fully saturated rings. The summed E-state index contributed by atoms with van der Waals surface area (Å²) in [6.07, 6.45) is 1.33. The third-order valence-electron chi connectivity index (χ3n) is 3.38. The van der Waals surface area contributed by atoms with E-state index in [1.807, 2.05) is 6.92 Å². The molecule has 2 heterocycles. The first-order valence-electron chi connectivity index (χ1n) is 7.36. The second-order valence-corrected chi connectivity index (χ2v) is 5.01. The summed E-state index contributed by atoms with van der Waals surface area (Å²) in [5.74, 6) is -1.46. The van der Waals surface area contributed by atoms with Crippen molar-refractivity contribution < 1.29 is 24.0 Å². The highest BCUT2D eigenvalue weighted by Gasteiger charge is 2.38. The van der Waals surface area contributed by atoms with Gasteiger partial charge in [0.05, 0.1) is 36.0 Å². The predicted molar refractivity (Wildman–Crippen MR) is 82.1 cm³/mol. The highest BCUT2D eigenvalue weighted by atomic mass is 16.7. The molecule has 7 heteroatoms. The lowest BCUT2D eigenvalue weighted by Crippen LogP contribution is -2.33. The number of amides is 2. The van der Waals surface area contributed by atoms with Crippen LogP contribution in [0.4, 0.5) is 0 Å². The average molecular weight is 326 g/mol. The van der Waals surface area contributed by atoms with Crippen molar-refractivity contribution in [2.75, 3.05) is 6.61 Å². The standard InChI is InChI=1S/C17H14N2O5/c1-2-23-12-8-7-11(18-10-12)9-15(20)24-19-16(21)13-5-3-4-6-14(13)17(19)22/h3-8,10H,2,9H2,1H3. The molecule has 0 bridgehead atoms. The number of pyridine rings is 1. The van der Waals surface area contributed by atoms with Gasteiger partial charge in [-0.3, -0.25) is 14.6 Å². The third kappa shape index (κ3) is 2.96. The summed E-state index contributed by atoms with van der Waals surface area (Å²) in [7, 11) is 0. The lowest BCUT2D eigenvalue weighted by atomic mass is 10.1. The fourth-order valence-corrected chi connectivity index (χ4v) is 2.30. The van der Waals surface area contributed by atoms with Gasteiger partial charge in [0.2, 0.25) is 0 Å². The van der Waals surface area contributed by atoms with Gasteiger partial charge in [-0.15, -0.1) is 0 Å². The number of hydroxylamine groups is 2. The Morgan fingerprint density at radius 1 is 1.08 bits per heavy atom. The Balaban J connectivity index is 1.65. The molecule has 1 aromatic carbocycles. The molecule has 0 saturated heterocycles. The maximum atomic E-state index is 12.1. The molecule has 1 aliphatic heterocycles. The second-order valence-electron chi connectivity index (χ2n) is 5.01. The summed E-state index contributed by atoms with van der Waals surface area (Å²) in [4.78, 5) is 45.2. The molecule has 2 aromatic rings. The predicted octanol–water partition coefficient (Wildman–Crippen LogP) is 1.78. The number of fused-ring (bicyclic) bond motifs is 1. The SMILES string of the molecule is CCOc1ccc(CC(=O)ON2C(=O)c3ccccc3C2=O)nc1. The van der Waals surface area contributed by atoms with Gasteiger partial charge in [0, 0.05) is 0 Å². The van der Waals surface area contributed by atoms with E-state index in [-0.39, 0.29) is 17.5 Å². The van der Waals surface area contributed by atoms with E-state index in [0.717, 1.165) is 0 Å². The van der Waals surface area contributed by atoms with Crippen LogP contribution in [0.1, 0.15) is 33.3 Å². The maximum absolute atomic E-state index is 12.1. The maximum Gasteiger partial charge on any atom is 0.339 e. The minimum Gasteiger partial charge on any atom is -0.492 e. The van der Waals surface area contributed by atoms with Crippen LogP contribution >= 0.6 is 0 Å². The second kappa shape index (κ2) is 6.49. The monoisotopic (exact) mass is 326 g/mol. The Hall–Kier alpha value is -3.22. The molecule has 1 aromatic heterocycles. The van der Waals surface area contributed by atoms with Gasteiger partial charge < -0.3 is 9.57 Å². The van der Waals surface area contributed by atoms with Crippen LogP contribution in [0.3, 0.4) is 0 Å². The molecule has 1 aliphatic rings. The van der Waals surface area contributed by atoms with Crippen molar-refractivity contribution in [3.8, 4) is 5.75 Å². The molecule has 0 radical (unpaired) electrons. The summed E-state index contributed by atoms with van der Waals surface area (Å²) in [6.45, 7) is 2.37. The first-order valence-corrected chi connectivity index (χ1v) is 7.36. The Kier molecular flexibility index (Phi) is 4.24. The fourth-order valence-electron chi connectivity index (χ4n) is 2.30. The normalized spacial score (nSPS) is 13.0. The van der Waals surface area contributed by atoms with Crippen LogP contribution in [0.5, 0.6) is 5.75 Å². The number of rotatable bonds is 5. The van der Waals surface area contributed by atoms with Gasteiger partial charge in [-0.05, 0) is 31.2 Å². The van der Waals surface area contributed by atoms with Gasteiger partial charge in [-0.1, -0.05) is 17.2 Å². The lowest BCUT2D eigenvalue weighted by molar-refractivity contribution is -0.167. The minimum absolute atomic E-state index is 0.167. The minimum atomic E-state index is -0.749. The zero-order valence-electron chi connectivity index (χ0n) is 12.9. The average Bonchev–Trinajstić information content (AvgIpc) is 2.82. The molecular formula is C17H14N2O5. The molecule has 0 unspecified atom stereocenters. The van der Waals surface area contributed by atoms with E-state index in [2.05, 4.69) is 4.98 Å². The van der Waals surface area contributed by atoms with Gasteiger partial charge in [-0.25, -0.2) is 4.79 Å². The van der Waals surface area contributed by atoms with Crippen LogP contribution in [0, 0.1) is 0 Å². The van der Waals surface area contributed by atoms with Gasteiger partial charge in [0.1, 0.15) is 5.75 Å². The molecule has 0 saturated carbocycles. The van der Waals surface area contributed by atoms with Crippen molar-refractivity contribution in [2.45, 2.75) is 13.3 Å². The van der Waals surface area contributed by atoms with Crippen LogP contribution in [0.15, 0.2) is 42.6 Å². The number of carbonyl (C=O) groups is 3. The zero-order valence-corrected chi connectivity index (χ0v) is 12.9. The van der Waals surface area contributed by atoms with Gasteiger partial charge in [-0.2, -0.15) is 0 Å². The van der Waals surface area contributed by atoms with Crippen LogP contribution in [0.25, 0.3) is 0 Å². The van der Waals surface area contributed by atoms with E-state index >= 15 is 0 Å². The van der Waals surface area contributed by atoms with Crippen molar-refractivity contribution >= 4 is 17.8 Å². The smallest absolute Gasteiger partial charge is 0.339 e. The van der Waals surface area contributed by atoms with Crippen LogP contribution in [0.2, 0.25) is 0 Å². The first-order chi connectivity index (χ1) is 11.6. The van der Waals surface area contributed by atoms with Crippen molar-refractivity contribution in [3.05, 3.63) is 59.4 Å². The molecule has 0 spiro atoms. The number of carbonyl (C=O) groups excluding carboxylic acids is 3. The van der Waals surface area contributed by atoms with E-state index in [0.29, 0.717) is 23.1 Å². The molecule has 0 N–H and O–H groups in total. The Labute approximate surface area is 137 Å². The molecular weight excluding hydrogens is 312 g/mol. The molecule has 122 valence electrons. The number of hydrogen-bond donors (Lipinski definition) is 0. The summed E-state index contributed by atoms with van der Waals surface area (Å²) >= 11 is 0. The molecule has 2 amide bonds. The topological polar surface area (TPSA) is 85.8 Å². The summed E-state index contributed by atoms with van der Waals surface area (Å²) in [5.41, 5.74) is 0.879. The Morgan fingerprint density at radius 3 is 2.29 bits per heavy atom. The van der Waals surface area contributed by atoms with Crippen molar-refractivity contribution in [1.29, 1.82) is 0 Å². The first kappa shape index (κ1) is 15.7. The number of aromatic nitrogens is 1. The molecule has 7 nitrogen and oxygen atoms in total. The molecule has 0 aliphatic carbocycles. The highest BCUT2D eigenvalue weighted by molar-refractivity contribution is 6.20. The van der Waals surface area contributed by atoms with Crippen LogP contribution in [-0.4, -0.2) is 34.4 Å². The number of benzene rings is 1. The highest BCUT2D eigenvalue weighted by Crippen LogP contribution is 2.22. The summed E-state index contributed by atoms with van der Waals surface area (Å²) in [6, 6.07) is 9.60. The summed E-state index contributed by atoms with van der Waals surface area (Å²) in [5, 5.41) is 0.488. The Morgan fingerprint density at radius 2 is 1.75 bits per heavy atom. The van der Waals surface area contributed by atoms with Gasteiger partial charge >= 0.3 is 5.97 Å². The number of nitrogens with zero attached hydrogens (tertiary/aromatic N) is 2. The van der Waals surface area contributed by atoms with Gasteiger partial charge in [0.25, 0.3) is 11.8 Å². The Bertz CT molecular complexity index is 766. The van der Waals surface area contributed by atoms with E-state index in [1.165, 1.54) is 18.3 Å². The number of imide groups is 1. The van der Waals surface area contributed by atoms with Crippen molar-refractivity contribution in [1.82, 2.24) is 10.0 Å². The van der Waals surface area contributed by atoms with Crippen LogP contribution < -0.4 is 4.74 Å². The van der Waals surface area contributed by atoms with E-state index in [1.54, 1.807) is 24.3 Å². The third-order valence-corrected chi connectivity index (χ3v) is 3.38. The largest absolute Gasteiger partial charge is 0.492 e. The molecule has 3 rings (SSSR count). The van der Waals surface area contributed by atoms with Crippen LogP contribution in [-0.2, 0) is 16.1 Å². The lowest BCUT2D eigenvalue weighted by Gasteiger charge is -2.12. The molecule has 24 heavy (non-hydrogen) atoms. The fraction of sp³-hybridized carbons (Fsp3) is 0.176. The summed E-state index contributed by atoms with van der Waals surface area (Å²) < 4.78 is 5.26. The van der Waals surface area contributed by atoms with E-state index < -0.39 is 17.8 Å². The van der Waals surface area contributed by atoms with Gasteiger partial charge in [0.15, 0.2) is 0 Å². The number of hydrogen-bond acceptors (Lipinski definition) is 6.